The maximum absolute atomic E-state index is 13.9. The summed E-state index contributed by atoms with van der Waals surface area (Å²) in [4.78, 5) is 62.9. The van der Waals surface area contributed by atoms with E-state index in [1.54, 1.807) is 11.3 Å². The fraction of sp³-hybridized carbons (Fsp3) is 0.594. The van der Waals surface area contributed by atoms with Crippen LogP contribution < -0.4 is 10.6 Å². The SMILES string of the molecule is COC(=O)CN1CCN(CC(=O)N[C@H](C(=O)N2C[C@H](O)C[C@H]2C(=O)N[C@@H](C)c2ccc(-c3scnc3C)cc2)C(C)(C)C)CC1. The second-order valence-electron chi connectivity index (χ2n) is 13.0. The van der Waals surface area contributed by atoms with Crippen molar-refractivity contribution in [2.24, 2.45) is 5.41 Å². The molecular formula is C32H46N6O6S. The first-order valence-corrected chi connectivity index (χ1v) is 16.2. The maximum atomic E-state index is 13.9. The van der Waals surface area contributed by atoms with E-state index in [-0.39, 0.29) is 49.9 Å². The summed E-state index contributed by atoms with van der Waals surface area (Å²) in [5, 5.41) is 16.5. The fourth-order valence-electron chi connectivity index (χ4n) is 5.78. The first-order valence-electron chi connectivity index (χ1n) is 15.4. The van der Waals surface area contributed by atoms with E-state index in [9.17, 15) is 24.3 Å². The van der Waals surface area contributed by atoms with Crippen LogP contribution in [0.25, 0.3) is 10.4 Å². The number of methoxy groups -OCH3 is 1. The number of nitrogens with one attached hydrogen (secondary N) is 2. The number of aromatic nitrogens is 1. The maximum Gasteiger partial charge on any atom is 0.319 e. The molecule has 2 aliphatic heterocycles. The molecule has 0 unspecified atom stereocenters. The molecule has 4 rings (SSSR count). The summed E-state index contributed by atoms with van der Waals surface area (Å²) in [6.45, 7) is 12.2. The van der Waals surface area contributed by atoms with Gasteiger partial charge in [-0.1, -0.05) is 45.0 Å². The zero-order valence-electron chi connectivity index (χ0n) is 27.0. The van der Waals surface area contributed by atoms with E-state index < -0.39 is 29.5 Å². The largest absolute Gasteiger partial charge is 0.468 e. The Hall–Kier alpha value is -3.39. The molecular weight excluding hydrogens is 596 g/mol. The number of aryl methyl sites for hydroxylation is 1. The molecule has 1 aromatic heterocycles. The minimum Gasteiger partial charge on any atom is -0.468 e. The number of hydrogen-bond acceptors (Lipinski definition) is 10. The van der Waals surface area contributed by atoms with E-state index >= 15 is 0 Å². The standard InChI is InChI=1S/C32H46N6O6S/c1-20(22-7-9-23(10-8-22)28-21(2)33-19-45-28)34-30(42)25-15-24(39)16-38(25)31(43)29(32(3,4)5)35-26(40)17-36-11-13-37(14-12-36)18-27(41)44-6/h7-10,19-20,24-25,29,39H,11-18H2,1-6H3,(H,34,42)(H,35,40)/t20-,24+,25-,29+/m0/s1. The summed E-state index contributed by atoms with van der Waals surface area (Å²) in [6.07, 6.45) is -0.728. The van der Waals surface area contributed by atoms with E-state index in [2.05, 4.69) is 15.6 Å². The summed E-state index contributed by atoms with van der Waals surface area (Å²) in [7, 11) is 1.36. The highest BCUT2D eigenvalue weighted by Gasteiger charge is 2.44. The highest BCUT2D eigenvalue weighted by atomic mass is 32.1. The summed E-state index contributed by atoms with van der Waals surface area (Å²) in [6, 6.07) is 5.87. The molecule has 45 heavy (non-hydrogen) atoms. The van der Waals surface area contributed by atoms with Crippen LogP contribution in [0.1, 0.15) is 51.4 Å². The van der Waals surface area contributed by atoms with Crippen molar-refractivity contribution < 1.29 is 29.0 Å². The number of nitrogens with zero attached hydrogens (tertiary/aromatic N) is 4. The van der Waals surface area contributed by atoms with Crippen LogP contribution in [0.5, 0.6) is 0 Å². The molecule has 2 aliphatic rings. The predicted octanol–water partition coefficient (Wildman–Crippen LogP) is 1.58. The van der Waals surface area contributed by atoms with Crippen LogP contribution in [0.4, 0.5) is 0 Å². The fourth-order valence-corrected chi connectivity index (χ4v) is 6.59. The Morgan fingerprint density at radius 2 is 1.67 bits per heavy atom. The zero-order chi connectivity index (χ0) is 32.9. The number of β-amino-alcohol motifs (C(OH)–C–C–N with tert-alkyl or cyclic N) is 1. The molecule has 3 N–H and O–H groups in total. The van der Waals surface area contributed by atoms with Crippen molar-refractivity contribution >= 4 is 35.0 Å². The molecule has 0 aliphatic carbocycles. The average Bonchev–Trinajstić information content (AvgIpc) is 3.61. The van der Waals surface area contributed by atoms with E-state index in [1.807, 2.05) is 74.2 Å². The van der Waals surface area contributed by atoms with Crippen LogP contribution in [0.15, 0.2) is 29.8 Å². The number of thiazole rings is 1. The topological polar surface area (TPSA) is 144 Å². The van der Waals surface area contributed by atoms with E-state index in [4.69, 9.17) is 4.74 Å². The average molecular weight is 643 g/mol. The van der Waals surface area contributed by atoms with Gasteiger partial charge in [0.2, 0.25) is 17.7 Å². The molecule has 12 nitrogen and oxygen atoms in total. The van der Waals surface area contributed by atoms with Crippen molar-refractivity contribution in [3.05, 3.63) is 41.0 Å². The predicted molar refractivity (Wildman–Crippen MR) is 171 cm³/mol. The lowest BCUT2D eigenvalue weighted by molar-refractivity contribution is -0.144. The smallest absolute Gasteiger partial charge is 0.319 e. The summed E-state index contributed by atoms with van der Waals surface area (Å²) in [5.74, 6) is -1.33. The molecule has 0 spiro atoms. The van der Waals surface area contributed by atoms with Gasteiger partial charge < -0.3 is 25.4 Å². The molecule has 246 valence electrons. The number of benzene rings is 1. The molecule has 13 heteroatoms. The third-order valence-electron chi connectivity index (χ3n) is 8.47. The van der Waals surface area contributed by atoms with Gasteiger partial charge in [-0.2, -0.15) is 0 Å². The lowest BCUT2D eigenvalue weighted by Crippen LogP contribution is -2.59. The van der Waals surface area contributed by atoms with Gasteiger partial charge >= 0.3 is 5.97 Å². The molecule has 0 bridgehead atoms. The monoisotopic (exact) mass is 642 g/mol. The lowest BCUT2D eigenvalue weighted by atomic mass is 9.85. The first-order chi connectivity index (χ1) is 21.3. The van der Waals surface area contributed by atoms with Crippen molar-refractivity contribution in [3.63, 3.8) is 0 Å². The number of amides is 3. The number of rotatable bonds is 10. The van der Waals surface area contributed by atoms with Crippen molar-refractivity contribution in [1.29, 1.82) is 0 Å². The van der Waals surface area contributed by atoms with Gasteiger partial charge in [0.1, 0.15) is 12.1 Å². The quantitative estimate of drug-likeness (QED) is 0.329. The minimum absolute atomic E-state index is 0.0127. The molecule has 3 heterocycles. The van der Waals surface area contributed by atoms with Crippen LogP contribution >= 0.6 is 11.3 Å². The molecule has 2 fully saturated rings. The second kappa shape index (κ2) is 14.8. The van der Waals surface area contributed by atoms with E-state index in [0.29, 0.717) is 26.2 Å². The highest BCUT2D eigenvalue weighted by molar-refractivity contribution is 7.13. The van der Waals surface area contributed by atoms with Gasteiger partial charge in [0.05, 0.1) is 48.4 Å². The van der Waals surface area contributed by atoms with Crippen LogP contribution in [0, 0.1) is 12.3 Å². The van der Waals surface area contributed by atoms with Gasteiger partial charge in [-0.05, 0) is 30.4 Å². The number of piperazine rings is 1. The minimum atomic E-state index is -0.897. The Kier molecular flexibility index (Phi) is 11.3. The molecule has 4 atom stereocenters. The zero-order valence-corrected chi connectivity index (χ0v) is 27.9. The number of likely N-dealkylation sites (tertiary alicyclic amines) is 1. The summed E-state index contributed by atoms with van der Waals surface area (Å²) < 4.78 is 4.73. The van der Waals surface area contributed by atoms with Crippen LogP contribution in [0.2, 0.25) is 0 Å². The summed E-state index contributed by atoms with van der Waals surface area (Å²) in [5.41, 5.74) is 4.11. The van der Waals surface area contributed by atoms with Crippen LogP contribution in [0.3, 0.4) is 0 Å². The van der Waals surface area contributed by atoms with Crippen LogP contribution in [-0.2, 0) is 23.9 Å². The van der Waals surface area contributed by atoms with Crippen molar-refractivity contribution in [2.75, 3.05) is 52.9 Å². The number of esters is 1. The van der Waals surface area contributed by atoms with Gasteiger partial charge in [-0.25, -0.2) is 4.98 Å². The normalized spacial score (nSPS) is 20.8. The Morgan fingerprint density at radius 3 is 2.22 bits per heavy atom. The number of hydrogen-bond donors (Lipinski definition) is 3. The molecule has 1 aromatic carbocycles. The molecule has 0 saturated carbocycles. The van der Waals surface area contributed by atoms with E-state index in [0.717, 1.165) is 21.7 Å². The Bertz CT molecular complexity index is 1350. The third kappa shape index (κ3) is 8.87. The number of carbonyl (C=O) groups is 4. The number of ether oxygens (including phenoxy) is 1. The van der Waals surface area contributed by atoms with Crippen molar-refractivity contribution in [3.8, 4) is 10.4 Å². The third-order valence-corrected chi connectivity index (χ3v) is 9.45. The van der Waals surface area contributed by atoms with Gasteiger partial charge in [0.25, 0.3) is 0 Å². The number of aliphatic hydroxyl groups is 1. The Labute approximate surface area is 269 Å². The highest BCUT2D eigenvalue weighted by Crippen LogP contribution is 2.29. The molecule has 0 radical (unpaired) electrons. The van der Waals surface area contributed by atoms with Gasteiger partial charge in [-0.15, -0.1) is 11.3 Å². The van der Waals surface area contributed by atoms with Crippen LogP contribution in [-0.4, -0.2) is 120 Å². The lowest BCUT2D eigenvalue weighted by Gasteiger charge is -2.37. The Morgan fingerprint density at radius 1 is 1.04 bits per heavy atom. The molecule has 3 amide bonds. The molecule has 2 saturated heterocycles. The second-order valence-corrected chi connectivity index (χ2v) is 13.9. The van der Waals surface area contributed by atoms with Crippen molar-refractivity contribution in [1.82, 2.24) is 30.3 Å². The van der Waals surface area contributed by atoms with Gasteiger partial charge in [0.15, 0.2) is 0 Å². The van der Waals surface area contributed by atoms with E-state index in [1.165, 1.54) is 12.0 Å². The summed E-state index contributed by atoms with van der Waals surface area (Å²) >= 11 is 1.58. The Balaban J connectivity index is 1.37. The van der Waals surface area contributed by atoms with Gasteiger partial charge in [0, 0.05) is 39.1 Å². The molecule has 2 aromatic rings. The van der Waals surface area contributed by atoms with Crippen molar-refractivity contribution in [2.45, 2.75) is 65.3 Å². The van der Waals surface area contributed by atoms with Gasteiger partial charge in [-0.3, -0.25) is 29.0 Å². The number of aliphatic hydroxyl groups excluding tert-OH is 1. The first kappa shape index (κ1) is 34.5. The number of carbonyl (C=O) groups excluding carboxylic acids is 4.